The lowest BCUT2D eigenvalue weighted by atomic mass is 9.93. The molecule has 1 heterocycles. The Morgan fingerprint density at radius 2 is 1.54 bits per heavy atom. The molecule has 1 N–H and O–H groups in total. The topological polar surface area (TPSA) is 76.1 Å². The van der Waals surface area contributed by atoms with Crippen LogP contribution in [0.2, 0.25) is 0 Å². The number of ketones is 1. The molecule has 6 heteroatoms. The largest absolute Gasteiger partial charge is 0.507 e. The average molecular weight is 472 g/mol. The molecule has 0 aliphatic carbocycles. The van der Waals surface area contributed by atoms with Crippen molar-refractivity contribution >= 4 is 23.1 Å². The third-order valence-corrected chi connectivity index (χ3v) is 6.01. The van der Waals surface area contributed by atoms with Crippen LogP contribution in [0.25, 0.3) is 5.76 Å². The van der Waals surface area contributed by atoms with Gasteiger partial charge in [0, 0.05) is 11.3 Å². The molecule has 3 aromatic rings. The zero-order chi connectivity index (χ0) is 25.3. The van der Waals surface area contributed by atoms with Gasteiger partial charge in [-0.2, -0.15) is 0 Å². The predicted octanol–water partition coefficient (Wildman–Crippen LogP) is 5.73. The maximum absolute atomic E-state index is 13.4. The van der Waals surface area contributed by atoms with E-state index < -0.39 is 17.7 Å². The number of methoxy groups -OCH3 is 1. The molecule has 4 rings (SSSR count). The number of ether oxygens (including phenoxy) is 2. The number of hydrogen-bond acceptors (Lipinski definition) is 5. The molecule has 0 bridgehead atoms. The molecule has 1 unspecified atom stereocenters. The van der Waals surface area contributed by atoms with Crippen molar-refractivity contribution in [2.24, 2.45) is 0 Å². The Labute approximate surface area is 205 Å². The summed E-state index contributed by atoms with van der Waals surface area (Å²) < 4.78 is 11.0. The molecule has 1 aliphatic rings. The highest BCUT2D eigenvalue weighted by Crippen LogP contribution is 2.43. The first kappa shape index (κ1) is 24.1. The molecule has 0 spiro atoms. The molecule has 1 fully saturated rings. The van der Waals surface area contributed by atoms with Crippen LogP contribution in [-0.4, -0.2) is 30.0 Å². The second-order valence-corrected chi connectivity index (χ2v) is 8.92. The number of aryl methyl sites for hydroxylation is 2. The summed E-state index contributed by atoms with van der Waals surface area (Å²) in [6.07, 6.45) is 0.00933. The first-order chi connectivity index (χ1) is 16.7. The second-order valence-electron chi connectivity index (χ2n) is 8.92. The van der Waals surface area contributed by atoms with Gasteiger partial charge in [-0.05, 0) is 81.3 Å². The van der Waals surface area contributed by atoms with E-state index >= 15 is 0 Å². The summed E-state index contributed by atoms with van der Waals surface area (Å²) >= 11 is 0. The van der Waals surface area contributed by atoms with Crippen molar-refractivity contribution in [1.82, 2.24) is 0 Å². The molecule has 6 nitrogen and oxygen atoms in total. The van der Waals surface area contributed by atoms with Gasteiger partial charge in [-0.3, -0.25) is 14.5 Å². The maximum Gasteiger partial charge on any atom is 0.300 e. The van der Waals surface area contributed by atoms with E-state index in [1.807, 2.05) is 58.0 Å². The number of hydrogen-bond donors (Lipinski definition) is 1. The quantitative estimate of drug-likeness (QED) is 0.282. The van der Waals surface area contributed by atoms with Gasteiger partial charge >= 0.3 is 0 Å². The van der Waals surface area contributed by atoms with E-state index in [2.05, 4.69) is 0 Å². The van der Waals surface area contributed by atoms with Gasteiger partial charge in [0.1, 0.15) is 17.3 Å². The molecule has 1 atom stereocenters. The van der Waals surface area contributed by atoms with Crippen LogP contribution in [0.3, 0.4) is 0 Å². The van der Waals surface area contributed by atoms with Gasteiger partial charge in [-0.25, -0.2) is 0 Å². The SMILES string of the molecule is COc1ccc(N2C(=O)C(=O)/C(=C(/O)c3cc(C)ccc3C)C2c2ccc(OC(C)C)cc2)cc1. The van der Waals surface area contributed by atoms with Crippen molar-refractivity contribution in [3.63, 3.8) is 0 Å². The van der Waals surface area contributed by atoms with E-state index in [9.17, 15) is 14.7 Å². The lowest BCUT2D eigenvalue weighted by Crippen LogP contribution is -2.29. The van der Waals surface area contributed by atoms with Crippen LogP contribution < -0.4 is 14.4 Å². The summed E-state index contributed by atoms with van der Waals surface area (Å²) in [7, 11) is 1.56. The highest BCUT2D eigenvalue weighted by atomic mass is 16.5. The molecule has 1 aliphatic heterocycles. The number of aliphatic hydroxyl groups is 1. The smallest absolute Gasteiger partial charge is 0.300 e. The van der Waals surface area contributed by atoms with E-state index in [0.29, 0.717) is 28.3 Å². The minimum atomic E-state index is -0.809. The van der Waals surface area contributed by atoms with Gasteiger partial charge in [0.15, 0.2) is 0 Å². The summed E-state index contributed by atoms with van der Waals surface area (Å²) in [5.41, 5.74) is 3.54. The van der Waals surface area contributed by atoms with Gasteiger partial charge in [0.05, 0.1) is 24.8 Å². The molecule has 3 aromatic carbocycles. The predicted molar refractivity (Wildman–Crippen MR) is 136 cm³/mol. The number of nitrogens with zero attached hydrogens (tertiary/aromatic N) is 1. The van der Waals surface area contributed by atoms with Gasteiger partial charge in [0.25, 0.3) is 11.7 Å². The highest BCUT2D eigenvalue weighted by Gasteiger charge is 2.47. The summed E-state index contributed by atoms with van der Waals surface area (Å²) in [4.78, 5) is 28.1. The highest BCUT2D eigenvalue weighted by molar-refractivity contribution is 6.51. The molecule has 0 radical (unpaired) electrons. The summed E-state index contributed by atoms with van der Waals surface area (Å²) in [6.45, 7) is 7.66. The Hall–Kier alpha value is -4.06. The summed E-state index contributed by atoms with van der Waals surface area (Å²) in [6, 6.07) is 19.0. The van der Waals surface area contributed by atoms with Gasteiger partial charge in [-0.1, -0.05) is 29.8 Å². The molecule has 1 saturated heterocycles. The number of amides is 1. The molecule has 1 amide bonds. The summed E-state index contributed by atoms with van der Waals surface area (Å²) in [5, 5.41) is 11.4. The number of benzene rings is 3. The number of Topliss-reactive ketones (excluding diaryl/α,β-unsaturated/α-hetero) is 1. The van der Waals surface area contributed by atoms with Crippen LogP contribution in [-0.2, 0) is 9.59 Å². The first-order valence-electron chi connectivity index (χ1n) is 11.5. The van der Waals surface area contributed by atoms with Crippen molar-refractivity contribution in [1.29, 1.82) is 0 Å². The van der Waals surface area contributed by atoms with Crippen LogP contribution in [0.15, 0.2) is 72.3 Å². The zero-order valence-corrected chi connectivity index (χ0v) is 20.5. The van der Waals surface area contributed by atoms with Crippen LogP contribution in [0.5, 0.6) is 11.5 Å². The monoisotopic (exact) mass is 471 g/mol. The van der Waals surface area contributed by atoms with E-state index in [1.165, 1.54) is 4.90 Å². The van der Waals surface area contributed by atoms with Crippen LogP contribution in [0.4, 0.5) is 5.69 Å². The van der Waals surface area contributed by atoms with Crippen molar-refractivity contribution < 1.29 is 24.2 Å². The van der Waals surface area contributed by atoms with Crippen molar-refractivity contribution in [3.8, 4) is 11.5 Å². The van der Waals surface area contributed by atoms with E-state index in [1.54, 1.807) is 43.5 Å². The van der Waals surface area contributed by atoms with Gasteiger partial charge in [-0.15, -0.1) is 0 Å². The fourth-order valence-electron chi connectivity index (χ4n) is 4.29. The Kier molecular flexibility index (Phi) is 6.65. The van der Waals surface area contributed by atoms with E-state index in [-0.39, 0.29) is 17.4 Å². The molecular weight excluding hydrogens is 442 g/mol. The minimum Gasteiger partial charge on any atom is -0.507 e. The second kappa shape index (κ2) is 9.66. The van der Waals surface area contributed by atoms with Crippen molar-refractivity contribution in [2.45, 2.75) is 39.8 Å². The Bertz CT molecular complexity index is 1290. The number of rotatable bonds is 6. The number of carbonyl (C=O) groups is 2. The average Bonchev–Trinajstić information content (AvgIpc) is 3.10. The maximum atomic E-state index is 13.4. The lowest BCUT2D eigenvalue weighted by molar-refractivity contribution is -0.132. The van der Waals surface area contributed by atoms with Gasteiger partial charge < -0.3 is 14.6 Å². The molecule has 180 valence electrons. The lowest BCUT2D eigenvalue weighted by Gasteiger charge is -2.26. The number of carbonyl (C=O) groups excluding carboxylic acids is 2. The standard InChI is InChI=1S/C29H29NO5/c1-17(2)35-23-12-8-20(9-13-23)26-25(27(31)24-16-18(3)6-7-19(24)4)28(32)29(33)30(26)21-10-14-22(34-5)15-11-21/h6-17,26,31H,1-5H3/b27-25+. The fraction of sp³-hybridized carbons (Fsp3) is 0.241. The number of aliphatic hydroxyl groups excluding tert-OH is 1. The molecular formula is C29H29NO5. The van der Waals surface area contributed by atoms with Crippen molar-refractivity contribution in [3.05, 3.63) is 94.6 Å². The molecule has 0 saturated carbocycles. The zero-order valence-electron chi connectivity index (χ0n) is 20.5. The molecule has 35 heavy (non-hydrogen) atoms. The third kappa shape index (κ3) is 4.64. The summed E-state index contributed by atoms with van der Waals surface area (Å²) in [5.74, 6) is -0.304. The van der Waals surface area contributed by atoms with Gasteiger partial charge in [0.2, 0.25) is 0 Å². The Morgan fingerprint density at radius 3 is 2.14 bits per heavy atom. The first-order valence-corrected chi connectivity index (χ1v) is 11.5. The normalized spacial score (nSPS) is 17.2. The third-order valence-electron chi connectivity index (χ3n) is 6.01. The Morgan fingerprint density at radius 1 is 0.914 bits per heavy atom. The van der Waals surface area contributed by atoms with E-state index in [0.717, 1.165) is 11.1 Å². The van der Waals surface area contributed by atoms with E-state index in [4.69, 9.17) is 9.47 Å². The van der Waals surface area contributed by atoms with Crippen LogP contribution in [0.1, 0.15) is 42.1 Å². The minimum absolute atomic E-state index is 0.00933. The van der Waals surface area contributed by atoms with Crippen LogP contribution in [0, 0.1) is 13.8 Å². The molecule has 0 aromatic heterocycles. The Balaban J connectivity index is 1.91. The van der Waals surface area contributed by atoms with Crippen molar-refractivity contribution in [2.75, 3.05) is 12.0 Å². The number of anilines is 1. The fourth-order valence-corrected chi connectivity index (χ4v) is 4.29. The van der Waals surface area contributed by atoms with Crippen LogP contribution >= 0.6 is 0 Å².